The highest BCUT2D eigenvalue weighted by Crippen LogP contribution is 2.29. The van der Waals surface area contributed by atoms with Crippen LogP contribution in [0.1, 0.15) is 16.8 Å². The van der Waals surface area contributed by atoms with Crippen LogP contribution in [0.3, 0.4) is 0 Å². The maximum absolute atomic E-state index is 5.71. The SMILES string of the molecule is Cc1coc(Sc2nccc(C)c2CN)n1. The van der Waals surface area contributed by atoms with E-state index in [9.17, 15) is 0 Å². The minimum Gasteiger partial charge on any atom is -0.439 e. The smallest absolute Gasteiger partial charge is 0.262 e. The summed E-state index contributed by atoms with van der Waals surface area (Å²) < 4.78 is 5.28. The second-order valence-electron chi connectivity index (χ2n) is 3.47. The quantitative estimate of drug-likeness (QED) is 0.884. The van der Waals surface area contributed by atoms with E-state index < -0.39 is 0 Å². The van der Waals surface area contributed by atoms with Crippen molar-refractivity contribution in [1.29, 1.82) is 0 Å². The number of aromatic nitrogens is 2. The molecule has 0 radical (unpaired) electrons. The summed E-state index contributed by atoms with van der Waals surface area (Å²) in [5, 5.41) is 1.47. The first-order valence-electron chi connectivity index (χ1n) is 4.95. The minimum absolute atomic E-state index is 0.474. The number of nitrogens with zero attached hydrogens (tertiary/aromatic N) is 2. The monoisotopic (exact) mass is 235 g/mol. The first-order valence-corrected chi connectivity index (χ1v) is 5.77. The molecule has 84 valence electrons. The molecule has 16 heavy (non-hydrogen) atoms. The molecule has 0 bridgehead atoms. The molecule has 5 heteroatoms. The fourth-order valence-electron chi connectivity index (χ4n) is 1.36. The fourth-order valence-corrected chi connectivity index (χ4v) is 2.29. The molecule has 0 saturated carbocycles. The maximum Gasteiger partial charge on any atom is 0.262 e. The van der Waals surface area contributed by atoms with Crippen LogP contribution in [0.4, 0.5) is 0 Å². The van der Waals surface area contributed by atoms with Crippen LogP contribution < -0.4 is 5.73 Å². The van der Waals surface area contributed by atoms with Crippen molar-refractivity contribution in [1.82, 2.24) is 9.97 Å². The average Bonchev–Trinajstić information content (AvgIpc) is 2.64. The molecule has 4 nitrogen and oxygen atoms in total. The van der Waals surface area contributed by atoms with Crippen LogP contribution in [0, 0.1) is 13.8 Å². The van der Waals surface area contributed by atoms with E-state index in [0.29, 0.717) is 11.8 Å². The summed E-state index contributed by atoms with van der Waals surface area (Å²) in [4.78, 5) is 8.52. The molecule has 0 unspecified atom stereocenters. The second kappa shape index (κ2) is 4.67. The molecule has 0 aliphatic carbocycles. The van der Waals surface area contributed by atoms with Crippen LogP contribution >= 0.6 is 11.8 Å². The molecule has 0 fully saturated rings. The number of aryl methyl sites for hydroxylation is 2. The zero-order chi connectivity index (χ0) is 11.5. The van der Waals surface area contributed by atoms with Gasteiger partial charge in [-0.2, -0.15) is 0 Å². The van der Waals surface area contributed by atoms with E-state index in [0.717, 1.165) is 21.8 Å². The van der Waals surface area contributed by atoms with Crippen molar-refractivity contribution >= 4 is 11.8 Å². The Labute approximate surface area is 98.3 Å². The van der Waals surface area contributed by atoms with Crippen LogP contribution in [0.2, 0.25) is 0 Å². The van der Waals surface area contributed by atoms with Crippen molar-refractivity contribution in [3.05, 3.63) is 35.3 Å². The van der Waals surface area contributed by atoms with Gasteiger partial charge in [-0.15, -0.1) is 0 Å². The van der Waals surface area contributed by atoms with Crippen molar-refractivity contribution in [2.75, 3.05) is 0 Å². The van der Waals surface area contributed by atoms with Crippen LogP contribution in [-0.4, -0.2) is 9.97 Å². The van der Waals surface area contributed by atoms with E-state index in [1.807, 2.05) is 19.9 Å². The van der Waals surface area contributed by atoms with E-state index in [2.05, 4.69) is 9.97 Å². The van der Waals surface area contributed by atoms with Gasteiger partial charge in [0.05, 0.1) is 5.69 Å². The Morgan fingerprint density at radius 3 is 2.88 bits per heavy atom. The molecule has 2 heterocycles. The normalized spacial score (nSPS) is 10.7. The Balaban J connectivity index is 2.30. The summed E-state index contributed by atoms with van der Waals surface area (Å²) in [5.41, 5.74) is 8.76. The molecule has 0 saturated heterocycles. The highest BCUT2D eigenvalue weighted by Gasteiger charge is 2.10. The van der Waals surface area contributed by atoms with E-state index in [-0.39, 0.29) is 0 Å². The lowest BCUT2D eigenvalue weighted by Gasteiger charge is -2.06. The first-order chi connectivity index (χ1) is 7.70. The maximum atomic E-state index is 5.71. The molecule has 2 aromatic heterocycles. The van der Waals surface area contributed by atoms with Gasteiger partial charge in [0.15, 0.2) is 0 Å². The van der Waals surface area contributed by atoms with Gasteiger partial charge in [-0.25, -0.2) is 9.97 Å². The van der Waals surface area contributed by atoms with Crippen molar-refractivity contribution in [3.63, 3.8) is 0 Å². The number of nitrogens with two attached hydrogens (primary N) is 1. The summed E-state index contributed by atoms with van der Waals surface area (Å²) >= 11 is 1.40. The lowest BCUT2D eigenvalue weighted by Crippen LogP contribution is -2.02. The first kappa shape index (κ1) is 11.2. The highest BCUT2D eigenvalue weighted by molar-refractivity contribution is 7.99. The Kier molecular flexibility index (Phi) is 3.26. The summed E-state index contributed by atoms with van der Waals surface area (Å²) in [6.07, 6.45) is 3.40. The molecule has 0 aliphatic heterocycles. The number of rotatable bonds is 3. The molecule has 2 aromatic rings. The van der Waals surface area contributed by atoms with Crippen LogP contribution in [0.5, 0.6) is 0 Å². The van der Waals surface area contributed by atoms with E-state index in [1.54, 1.807) is 12.5 Å². The van der Waals surface area contributed by atoms with Crippen LogP contribution in [0.15, 0.2) is 33.2 Å². The van der Waals surface area contributed by atoms with Crippen LogP contribution in [-0.2, 0) is 6.54 Å². The Morgan fingerprint density at radius 1 is 1.44 bits per heavy atom. The molecule has 2 rings (SSSR count). The molecular weight excluding hydrogens is 222 g/mol. The number of hydrogen-bond donors (Lipinski definition) is 1. The van der Waals surface area contributed by atoms with Crippen molar-refractivity contribution in [3.8, 4) is 0 Å². The molecule has 2 N–H and O–H groups in total. The zero-order valence-corrected chi connectivity index (χ0v) is 10.0. The molecule has 0 spiro atoms. The van der Waals surface area contributed by atoms with Gasteiger partial charge in [0.1, 0.15) is 11.3 Å². The molecule has 0 aliphatic rings. The molecule has 0 amide bonds. The third-order valence-corrected chi connectivity index (χ3v) is 3.14. The number of hydrogen-bond acceptors (Lipinski definition) is 5. The van der Waals surface area contributed by atoms with Gasteiger partial charge in [-0.05, 0) is 37.2 Å². The third kappa shape index (κ3) is 2.25. The van der Waals surface area contributed by atoms with Crippen molar-refractivity contribution in [2.24, 2.45) is 5.73 Å². The van der Waals surface area contributed by atoms with Gasteiger partial charge in [0.25, 0.3) is 5.22 Å². The molecule has 0 aromatic carbocycles. The van der Waals surface area contributed by atoms with E-state index >= 15 is 0 Å². The van der Waals surface area contributed by atoms with Gasteiger partial charge >= 0.3 is 0 Å². The average molecular weight is 235 g/mol. The third-order valence-electron chi connectivity index (χ3n) is 2.24. The van der Waals surface area contributed by atoms with E-state index in [1.165, 1.54) is 11.8 Å². The van der Waals surface area contributed by atoms with Gasteiger partial charge < -0.3 is 10.2 Å². The zero-order valence-electron chi connectivity index (χ0n) is 9.23. The van der Waals surface area contributed by atoms with Gasteiger partial charge in [-0.3, -0.25) is 0 Å². The Morgan fingerprint density at radius 2 is 2.25 bits per heavy atom. The van der Waals surface area contributed by atoms with Crippen molar-refractivity contribution < 1.29 is 4.42 Å². The predicted molar refractivity (Wildman–Crippen MR) is 62.2 cm³/mol. The van der Waals surface area contributed by atoms with Gasteiger partial charge in [-0.1, -0.05) is 0 Å². The van der Waals surface area contributed by atoms with Crippen molar-refractivity contribution in [2.45, 2.75) is 30.6 Å². The summed E-state index contributed by atoms with van der Waals surface area (Å²) in [7, 11) is 0. The number of oxazole rings is 1. The molecule has 0 atom stereocenters. The lowest BCUT2D eigenvalue weighted by molar-refractivity contribution is 0.453. The largest absolute Gasteiger partial charge is 0.439 e. The summed E-state index contributed by atoms with van der Waals surface area (Å²) in [5.74, 6) is 0. The van der Waals surface area contributed by atoms with E-state index in [4.69, 9.17) is 10.2 Å². The molecular formula is C11H13N3OS. The van der Waals surface area contributed by atoms with Crippen LogP contribution in [0.25, 0.3) is 0 Å². The standard InChI is InChI=1S/C11H13N3OS/c1-7-3-4-13-10(9(7)5-12)16-11-14-8(2)6-15-11/h3-4,6H,5,12H2,1-2H3. The lowest BCUT2D eigenvalue weighted by atomic mass is 10.2. The number of pyridine rings is 1. The van der Waals surface area contributed by atoms with Gasteiger partial charge in [0, 0.05) is 18.3 Å². The second-order valence-corrected chi connectivity index (χ2v) is 4.41. The highest BCUT2D eigenvalue weighted by atomic mass is 32.2. The summed E-state index contributed by atoms with van der Waals surface area (Å²) in [6.45, 7) is 4.39. The Bertz CT molecular complexity index is 496. The minimum atomic E-state index is 0.474. The fraction of sp³-hybridized carbons (Fsp3) is 0.273. The summed E-state index contributed by atoms with van der Waals surface area (Å²) in [6, 6.07) is 1.95. The Hall–Kier alpha value is -1.33. The van der Waals surface area contributed by atoms with Gasteiger partial charge in [0.2, 0.25) is 0 Å². The topological polar surface area (TPSA) is 64.9 Å². The predicted octanol–water partition coefficient (Wildman–Crippen LogP) is 2.30.